The van der Waals surface area contributed by atoms with Crippen LogP contribution in [0.1, 0.15) is 5.56 Å². The highest BCUT2D eigenvalue weighted by molar-refractivity contribution is 7.87. The summed E-state index contributed by atoms with van der Waals surface area (Å²) < 4.78 is 36.4. The summed E-state index contributed by atoms with van der Waals surface area (Å²) in [7, 11) is -2.47. The first-order valence-corrected chi connectivity index (χ1v) is 8.59. The summed E-state index contributed by atoms with van der Waals surface area (Å²) in [6, 6.07) is 14.0. The number of rotatable bonds is 5. The van der Waals surface area contributed by atoms with Gasteiger partial charge in [-0.05, 0) is 31.2 Å². The molecular formula is C17H16N2O4S. The lowest BCUT2D eigenvalue weighted by atomic mass is 10.2. The van der Waals surface area contributed by atoms with E-state index in [4.69, 9.17) is 8.92 Å². The van der Waals surface area contributed by atoms with Gasteiger partial charge in [-0.3, -0.25) is 0 Å². The maximum atomic E-state index is 12.4. The van der Waals surface area contributed by atoms with E-state index in [0.717, 1.165) is 11.3 Å². The SMILES string of the molecule is COc1cccc(OS(=O)(=O)c2cnn(-c3ccc(C)cc3)c2)c1. The van der Waals surface area contributed by atoms with E-state index in [2.05, 4.69) is 5.10 Å². The molecule has 0 unspecified atom stereocenters. The molecule has 0 amide bonds. The van der Waals surface area contributed by atoms with Crippen LogP contribution < -0.4 is 8.92 Å². The number of benzene rings is 2. The van der Waals surface area contributed by atoms with Crippen LogP contribution in [0.2, 0.25) is 0 Å². The van der Waals surface area contributed by atoms with Gasteiger partial charge in [0.15, 0.2) is 0 Å². The lowest BCUT2D eigenvalue weighted by molar-refractivity contribution is 0.411. The first-order valence-electron chi connectivity index (χ1n) is 7.18. The number of hydrogen-bond acceptors (Lipinski definition) is 5. The number of aromatic nitrogens is 2. The molecule has 3 rings (SSSR count). The molecule has 0 fully saturated rings. The molecule has 0 saturated heterocycles. The number of nitrogens with zero attached hydrogens (tertiary/aromatic N) is 2. The summed E-state index contributed by atoms with van der Waals surface area (Å²) in [5, 5.41) is 4.09. The van der Waals surface area contributed by atoms with Crippen molar-refractivity contribution < 1.29 is 17.3 Å². The van der Waals surface area contributed by atoms with E-state index in [1.165, 1.54) is 30.3 Å². The van der Waals surface area contributed by atoms with Crippen LogP contribution in [-0.4, -0.2) is 25.3 Å². The molecule has 1 aromatic heterocycles. The van der Waals surface area contributed by atoms with Gasteiger partial charge in [0.05, 0.1) is 25.2 Å². The quantitative estimate of drug-likeness (QED) is 0.666. The Hall–Kier alpha value is -2.80. The lowest BCUT2D eigenvalue weighted by Gasteiger charge is -2.06. The molecule has 6 nitrogen and oxygen atoms in total. The fourth-order valence-corrected chi connectivity index (χ4v) is 2.96. The fraction of sp³-hybridized carbons (Fsp3) is 0.118. The van der Waals surface area contributed by atoms with E-state index < -0.39 is 10.1 Å². The van der Waals surface area contributed by atoms with Gasteiger partial charge in [0.1, 0.15) is 16.4 Å². The van der Waals surface area contributed by atoms with Crippen molar-refractivity contribution in [1.29, 1.82) is 0 Å². The Morgan fingerprint density at radius 1 is 1.04 bits per heavy atom. The lowest BCUT2D eigenvalue weighted by Crippen LogP contribution is -2.09. The van der Waals surface area contributed by atoms with Crippen LogP contribution in [0.15, 0.2) is 65.8 Å². The standard InChI is InChI=1S/C17H16N2O4S/c1-13-6-8-14(9-7-13)19-12-17(11-18-19)24(20,21)23-16-5-3-4-15(10-16)22-2/h3-12H,1-2H3. The van der Waals surface area contributed by atoms with Crippen LogP contribution in [0, 0.1) is 6.92 Å². The van der Waals surface area contributed by atoms with Crippen molar-refractivity contribution in [2.24, 2.45) is 0 Å². The van der Waals surface area contributed by atoms with E-state index in [9.17, 15) is 8.42 Å². The van der Waals surface area contributed by atoms with Crippen molar-refractivity contribution in [3.8, 4) is 17.2 Å². The van der Waals surface area contributed by atoms with Gasteiger partial charge in [-0.15, -0.1) is 0 Å². The molecule has 24 heavy (non-hydrogen) atoms. The molecular weight excluding hydrogens is 328 g/mol. The predicted octanol–water partition coefficient (Wildman–Crippen LogP) is 2.96. The molecule has 0 radical (unpaired) electrons. The Morgan fingerprint density at radius 2 is 1.75 bits per heavy atom. The molecule has 0 aliphatic heterocycles. The van der Waals surface area contributed by atoms with Gasteiger partial charge in [-0.2, -0.15) is 13.5 Å². The minimum atomic E-state index is -3.97. The Bertz CT molecular complexity index is 947. The van der Waals surface area contributed by atoms with Crippen LogP contribution >= 0.6 is 0 Å². The molecule has 2 aromatic carbocycles. The fourth-order valence-electron chi connectivity index (χ4n) is 2.10. The molecule has 3 aromatic rings. The average Bonchev–Trinajstić information content (AvgIpc) is 3.06. The smallest absolute Gasteiger partial charge is 0.342 e. The van der Waals surface area contributed by atoms with Crippen LogP contribution in [-0.2, 0) is 10.1 Å². The highest BCUT2D eigenvalue weighted by Gasteiger charge is 2.19. The first kappa shape index (κ1) is 16.1. The zero-order valence-corrected chi connectivity index (χ0v) is 14.0. The zero-order chi connectivity index (χ0) is 17.2. The second-order valence-electron chi connectivity index (χ2n) is 5.17. The number of hydrogen-bond donors (Lipinski definition) is 0. The van der Waals surface area contributed by atoms with Crippen molar-refractivity contribution >= 4 is 10.1 Å². The van der Waals surface area contributed by atoms with Crippen molar-refractivity contribution in [1.82, 2.24) is 9.78 Å². The monoisotopic (exact) mass is 344 g/mol. The minimum absolute atomic E-state index is 0.0223. The molecule has 1 heterocycles. The number of ether oxygens (including phenoxy) is 1. The van der Waals surface area contributed by atoms with E-state index in [1.54, 1.807) is 18.2 Å². The Labute approximate surface area is 140 Å². The highest BCUT2D eigenvalue weighted by atomic mass is 32.2. The van der Waals surface area contributed by atoms with Gasteiger partial charge in [0.2, 0.25) is 0 Å². The Balaban J connectivity index is 1.86. The van der Waals surface area contributed by atoms with Gasteiger partial charge < -0.3 is 8.92 Å². The molecule has 0 saturated carbocycles. The summed E-state index contributed by atoms with van der Waals surface area (Å²) in [6.45, 7) is 1.98. The van der Waals surface area contributed by atoms with Crippen molar-refractivity contribution in [3.63, 3.8) is 0 Å². The van der Waals surface area contributed by atoms with Crippen molar-refractivity contribution in [2.75, 3.05) is 7.11 Å². The third-order valence-corrected chi connectivity index (χ3v) is 4.59. The summed E-state index contributed by atoms with van der Waals surface area (Å²) in [4.78, 5) is -0.0223. The van der Waals surface area contributed by atoms with Crippen LogP contribution in [0.3, 0.4) is 0 Å². The molecule has 0 aliphatic rings. The number of aryl methyl sites for hydroxylation is 1. The van der Waals surface area contributed by atoms with Gasteiger partial charge in [-0.25, -0.2) is 4.68 Å². The van der Waals surface area contributed by atoms with Crippen molar-refractivity contribution in [2.45, 2.75) is 11.8 Å². The molecule has 0 aliphatic carbocycles. The predicted molar refractivity (Wildman–Crippen MR) is 89.1 cm³/mol. The first-order chi connectivity index (χ1) is 11.5. The largest absolute Gasteiger partial charge is 0.497 e. The Kier molecular flexibility index (Phi) is 4.26. The van der Waals surface area contributed by atoms with E-state index in [1.807, 2.05) is 31.2 Å². The normalized spacial score (nSPS) is 11.2. The van der Waals surface area contributed by atoms with Crippen LogP contribution in [0.5, 0.6) is 11.5 Å². The van der Waals surface area contributed by atoms with E-state index in [0.29, 0.717) is 5.75 Å². The number of methoxy groups -OCH3 is 1. The minimum Gasteiger partial charge on any atom is -0.497 e. The second kappa shape index (κ2) is 6.37. The van der Waals surface area contributed by atoms with E-state index in [-0.39, 0.29) is 10.6 Å². The molecule has 0 spiro atoms. The third kappa shape index (κ3) is 3.41. The summed E-state index contributed by atoms with van der Waals surface area (Å²) in [5.74, 6) is 0.690. The van der Waals surface area contributed by atoms with Gasteiger partial charge >= 0.3 is 10.1 Å². The molecule has 0 bridgehead atoms. The van der Waals surface area contributed by atoms with Gasteiger partial charge in [0, 0.05) is 6.07 Å². The highest BCUT2D eigenvalue weighted by Crippen LogP contribution is 2.23. The van der Waals surface area contributed by atoms with Crippen LogP contribution in [0.25, 0.3) is 5.69 Å². The molecule has 0 atom stereocenters. The molecule has 124 valence electrons. The summed E-state index contributed by atoms with van der Waals surface area (Å²) in [6.07, 6.45) is 2.68. The zero-order valence-electron chi connectivity index (χ0n) is 13.2. The summed E-state index contributed by atoms with van der Waals surface area (Å²) >= 11 is 0. The van der Waals surface area contributed by atoms with Gasteiger partial charge in [-0.1, -0.05) is 23.8 Å². The maximum absolute atomic E-state index is 12.4. The summed E-state index contributed by atoms with van der Waals surface area (Å²) in [5.41, 5.74) is 1.88. The Morgan fingerprint density at radius 3 is 2.46 bits per heavy atom. The van der Waals surface area contributed by atoms with Gasteiger partial charge in [0.25, 0.3) is 0 Å². The van der Waals surface area contributed by atoms with Crippen molar-refractivity contribution in [3.05, 3.63) is 66.5 Å². The topological polar surface area (TPSA) is 70.4 Å². The average molecular weight is 344 g/mol. The second-order valence-corrected chi connectivity index (χ2v) is 6.72. The maximum Gasteiger partial charge on any atom is 0.342 e. The van der Waals surface area contributed by atoms with E-state index >= 15 is 0 Å². The molecule has 0 N–H and O–H groups in total. The molecule has 7 heteroatoms. The third-order valence-electron chi connectivity index (χ3n) is 3.39. The van der Waals surface area contributed by atoms with Crippen LogP contribution in [0.4, 0.5) is 0 Å².